The van der Waals surface area contributed by atoms with Gasteiger partial charge in [-0.25, -0.2) is 0 Å². The quantitative estimate of drug-likeness (QED) is 0.315. The van der Waals surface area contributed by atoms with Crippen LogP contribution >= 0.6 is 0 Å². The van der Waals surface area contributed by atoms with E-state index in [1.54, 1.807) is 0 Å². The first-order valence-electron chi connectivity index (χ1n) is 9.48. The van der Waals surface area contributed by atoms with Gasteiger partial charge in [0.05, 0.1) is 12.3 Å². The molecule has 1 atom stereocenters. The van der Waals surface area contributed by atoms with Crippen LogP contribution in [0.1, 0.15) is 39.2 Å². The van der Waals surface area contributed by atoms with Crippen LogP contribution in [-0.4, -0.2) is 18.3 Å². The summed E-state index contributed by atoms with van der Waals surface area (Å²) in [5.74, 6) is -0.285. The molecular weight excluding hydrogens is 334 g/mol. The monoisotopic (exact) mass is 363 g/mol. The SMILES string of the molecule is C=C(CCCc1ccccc1)C(C)(C(=O)OCC)C(C)=Nc1ccccc1. The number of nitrogens with zero attached hydrogens (tertiary/aromatic N) is 1. The van der Waals surface area contributed by atoms with Crippen LogP contribution in [0.15, 0.2) is 77.8 Å². The lowest BCUT2D eigenvalue weighted by molar-refractivity contribution is -0.148. The van der Waals surface area contributed by atoms with E-state index in [0.717, 1.165) is 30.5 Å². The fourth-order valence-corrected chi connectivity index (χ4v) is 3.03. The molecule has 0 heterocycles. The van der Waals surface area contributed by atoms with E-state index in [9.17, 15) is 4.79 Å². The fourth-order valence-electron chi connectivity index (χ4n) is 3.03. The number of para-hydroxylation sites is 1. The number of aliphatic imine (C=N–C) groups is 1. The zero-order valence-corrected chi connectivity index (χ0v) is 16.6. The second kappa shape index (κ2) is 9.86. The second-order valence-electron chi connectivity index (χ2n) is 6.82. The average molecular weight is 364 g/mol. The molecule has 0 aliphatic rings. The summed E-state index contributed by atoms with van der Waals surface area (Å²) in [7, 11) is 0. The molecule has 1 unspecified atom stereocenters. The van der Waals surface area contributed by atoms with E-state index in [0.29, 0.717) is 12.3 Å². The number of aryl methyl sites for hydroxylation is 1. The number of ether oxygens (including phenoxy) is 1. The highest BCUT2D eigenvalue weighted by atomic mass is 16.5. The number of carbonyl (C=O) groups is 1. The molecule has 3 nitrogen and oxygen atoms in total. The molecule has 0 saturated carbocycles. The Hall–Kier alpha value is -2.68. The summed E-state index contributed by atoms with van der Waals surface area (Å²) in [4.78, 5) is 17.5. The summed E-state index contributed by atoms with van der Waals surface area (Å²) in [5, 5.41) is 0. The molecule has 27 heavy (non-hydrogen) atoms. The number of hydrogen-bond acceptors (Lipinski definition) is 3. The van der Waals surface area contributed by atoms with Gasteiger partial charge in [-0.2, -0.15) is 0 Å². The molecule has 3 heteroatoms. The zero-order valence-electron chi connectivity index (χ0n) is 16.6. The molecule has 0 aliphatic carbocycles. The van der Waals surface area contributed by atoms with Crippen molar-refractivity contribution in [3.05, 3.63) is 78.4 Å². The third-order valence-corrected chi connectivity index (χ3v) is 4.95. The van der Waals surface area contributed by atoms with Crippen molar-refractivity contribution in [2.45, 2.75) is 40.0 Å². The molecule has 2 aromatic rings. The van der Waals surface area contributed by atoms with Crippen molar-refractivity contribution < 1.29 is 9.53 Å². The van der Waals surface area contributed by atoms with Crippen molar-refractivity contribution in [1.82, 2.24) is 0 Å². The summed E-state index contributed by atoms with van der Waals surface area (Å²) in [6, 6.07) is 20.0. The molecule has 2 aromatic carbocycles. The molecule has 0 N–H and O–H groups in total. The number of carbonyl (C=O) groups excluding carboxylic acids is 1. The smallest absolute Gasteiger partial charge is 0.321 e. The van der Waals surface area contributed by atoms with Gasteiger partial charge in [0, 0.05) is 5.71 Å². The van der Waals surface area contributed by atoms with Crippen molar-refractivity contribution in [3.8, 4) is 0 Å². The molecule has 0 bridgehead atoms. The Kier molecular flexibility index (Phi) is 7.54. The highest BCUT2D eigenvalue weighted by Crippen LogP contribution is 2.34. The predicted octanol–water partition coefficient (Wildman–Crippen LogP) is 5.93. The topological polar surface area (TPSA) is 38.7 Å². The van der Waals surface area contributed by atoms with Crippen LogP contribution in [0.2, 0.25) is 0 Å². The van der Waals surface area contributed by atoms with Gasteiger partial charge >= 0.3 is 5.97 Å². The van der Waals surface area contributed by atoms with Crippen molar-refractivity contribution >= 4 is 17.4 Å². The van der Waals surface area contributed by atoms with E-state index >= 15 is 0 Å². The Morgan fingerprint density at radius 1 is 1.07 bits per heavy atom. The largest absolute Gasteiger partial charge is 0.465 e. The summed E-state index contributed by atoms with van der Waals surface area (Å²) in [5.41, 5.74) is 2.73. The maximum atomic E-state index is 12.8. The lowest BCUT2D eigenvalue weighted by Crippen LogP contribution is -2.38. The lowest BCUT2D eigenvalue weighted by Gasteiger charge is -2.30. The van der Waals surface area contributed by atoms with Crippen molar-refractivity contribution in [3.63, 3.8) is 0 Å². The first-order valence-corrected chi connectivity index (χ1v) is 9.48. The van der Waals surface area contributed by atoms with Gasteiger partial charge in [0.15, 0.2) is 0 Å². The third kappa shape index (κ3) is 5.40. The molecule has 0 aliphatic heterocycles. The van der Waals surface area contributed by atoms with E-state index in [1.165, 1.54) is 5.56 Å². The molecule has 0 saturated heterocycles. The lowest BCUT2D eigenvalue weighted by atomic mass is 9.76. The van der Waals surface area contributed by atoms with E-state index in [1.807, 2.05) is 69.3 Å². The van der Waals surface area contributed by atoms with E-state index < -0.39 is 5.41 Å². The third-order valence-electron chi connectivity index (χ3n) is 4.95. The molecule has 0 radical (unpaired) electrons. The molecule has 0 spiro atoms. The minimum atomic E-state index is -0.928. The van der Waals surface area contributed by atoms with Gasteiger partial charge in [0.25, 0.3) is 0 Å². The van der Waals surface area contributed by atoms with Gasteiger partial charge in [-0.15, -0.1) is 0 Å². The van der Waals surface area contributed by atoms with Gasteiger partial charge in [-0.1, -0.05) is 60.7 Å². The Labute approximate surface area is 162 Å². The van der Waals surface area contributed by atoms with Gasteiger partial charge in [0.2, 0.25) is 0 Å². The standard InChI is InChI=1S/C24H29NO2/c1-5-27-23(26)24(4,20(3)25-22-17-10-7-11-18-22)19(2)13-12-16-21-14-8-6-9-15-21/h6-11,14-15,17-18H,2,5,12-13,16H2,1,3-4H3. The van der Waals surface area contributed by atoms with Crippen LogP contribution in [-0.2, 0) is 16.0 Å². The highest BCUT2D eigenvalue weighted by molar-refractivity contribution is 6.09. The molecule has 0 amide bonds. The molecule has 2 rings (SSSR count). The molecule has 142 valence electrons. The van der Waals surface area contributed by atoms with Crippen molar-refractivity contribution in [2.75, 3.05) is 6.61 Å². The van der Waals surface area contributed by atoms with Gasteiger partial charge in [-0.05, 0) is 57.7 Å². The molecule has 0 fully saturated rings. The number of benzene rings is 2. The van der Waals surface area contributed by atoms with Crippen LogP contribution in [0.25, 0.3) is 0 Å². The van der Waals surface area contributed by atoms with E-state index in [-0.39, 0.29) is 5.97 Å². The van der Waals surface area contributed by atoms with Crippen LogP contribution in [0, 0.1) is 5.41 Å². The minimum Gasteiger partial charge on any atom is -0.465 e. The Morgan fingerprint density at radius 3 is 2.26 bits per heavy atom. The fraction of sp³-hybridized carbons (Fsp3) is 0.333. The highest BCUT2D eigenvalue weighted by Gasteiger charge is 2.40. The summed E-state index contributed by atoms with van der Waals surface area (Å²) < 4.78 is 5.37. The van der Waals surface area contributed by atoms with Crippen molar-refractivity contribution in [2.24, 2.45) is 10.4 Å². The number of esters is 1. The van der Waals surface area contributed by atoms with Crippen LogP contribution in [0.3, 0.4) is 0 Å². The first kappa shape index (κ1) is 20.6. The Bertz CT molecular complexity index is 781. The van der Waals surface area contributed by atoms with Crippen molar-refractivity contribution in [1.29, 1.82) is 0 Å². The molecule has 0 aromatic heterocycles. The summed E-state index contributed by atoms with van der Waals surface area (Å²) in [6.07, 6.45) is 2.62. The van der Waals surface area contributed by atoms with Crippen LogP contribution in [0.4, 0.5) is 5.69 Å². The average Bonchev–Trinajstić information content (AvgIpc) is 2.69. The maximum absolute atomic E-state index is 12.8. The zero-order chi connectivity index (χ0) is 19.7. The predicted molar refractivity (Wildman–Crippen MR) is 112 cm³/mol. The Balaban J connectivity index is 2.17. The van der Waals surface area contributed by atoms with Gasteiger partial charge in [0.1, 0.15) is 5.41 Å². The minimum absolute atomic E-state index is 0.285. The Morgan fingerprint density at radius 2 is 1.67 bits per heavy atom. The van der Waals surface area contributed by atoms with Crippen LogP contribution < -0.4 is 0 Å². The number of hydrogen-bond donors (Lipinski definition) is 0. The van der Waals surface area contributed by atoms with Crippen LogP contribution in [0.5, 0.6) is 0 Å². The van der Waals surface area contributed by atoms with Gasteiger partial charge in [-0.3, -0.25) is 9.79 Å². The maximum Gasteiger partial charge on any atom is 0.321 e. The summed E-state index contributed by atoms with van der Waals surface area (Å²) in [6.45, 7) is 10.2. The first-order chi connectivity index (χ1) is 13.0. The molecular formula is C24H29NO2. The van der Waals surface area contributed by atoms with E-state index in [4.69, 9.17) is 4.74 Å². The van der Waals surface area contributed by atoms with E-state index in [2.05, 4.69) is 23.7 Å². The normalized spacial score (nSPS) is 13.7. The second-order valence-corrected chi connectivity index (χ2v) is 6.82. The van der Waals surface area contributed by atoms with Gasteiger partial charge < -0.3 is 4.74 Å². The summed E-state index contributed by atoms with van der Waals surface area (Å²) >= 11 is 0. The number of rotatable bonds is 9.